The SMILES string of the molecule is CC(NC(=O)NCCn1ccnc1)c1ccc(OC(F)(F)F)cc1. The molecule has 130 valence electrons. The quantitative estimate of drug-likeness (QED) is 0.848. The van der Waals surface area contributed by atoms with Gasteiger partial charge in [-0.25, -0.2) is 9.78 Å². The second-order valence-corrected chi connectivity index (χ2v) is 5.04. The zero-order valence-corrected chi connectivity index (χ0v) is 12.9. The van der Waals surface area contributed by atoms with Crippen molar-refractivity contribution < 1.29 is 22.7 Å². The fourth-order valence-corrected chi connectivity index (χ4v) is 2.01. The lowest BCUT2D eigenvalue weighted by molar-refractivity contribution is -0.274. The van der Waals surface area contributed by atoms with Gasteiger partial charge in [0.1, 0.15) is 5.75 Å². The van der Waals surface area contributed by atoms with Gasteiger partial charge in [0.05, 0.1) is 12.4 Å². The van der Waals surface area contributed by atoms with Crippen LogP contribution in [0.25, 0.3) is 0 Å². The zero-order valence-electron chi connectivity index (χ0n) is 12.9. The van der Waals surface area contributed by atoms with Gasteiger partial charge in [-0.3, -0.25) is 0 Å². The molecular formula is C15H17F3N4O2. The van der Waals surface area contributed by atoms with Crippen molar-refractivity contribution in [3.8, 4) is 5.75 Å². The number of carbonyl (C=O) groups is 1. The Bertz CT molecular complexity index is 642. The number of rotatable bonds is 6. The first-order chi connectivity index (χ1) is 11.3. The van der Waals surface area contributed by atoms with Crippen LogP contribution in [0.5, 0.6) is 5.75 Å². The number of ether oxygens (including phenoxy) is 1. The summed E-state index contributed by atoms with van der Waals surface area (Å²) in [5, 5.41) is 5.40. The third kappa shape index (κ3) is 5.82. The van der Waals surface area contributed by atoms with E-state index in [1.165, 1.54) is 24.3 Å². The molecule has 24 heavy (non-hydrogen) atoms. The summed E-state index contributed by atoms with van der Waals surface area (Å²) >= 11 is 0. The van der Waals surface area contributed by atoms with Crippen LogP contribution in [0.2, 0.25) is 0 Å². The second-order valence-electron chi connectivity index (χ2n) is 5.04. The fraction of sp³-hybridized carbons (Fsp3) is 0.333. The number of aromatic nitrogens is 2. The summed E-state index contributed by atoms with van der Waals surface area (Å²) in [6.45, 7) is 2.74. The Labute approximate surface area is 136 Å². The van der Waals surface area contributed by atoms with Gasteiger partial charge in [0, 0.05) is 25.5 Å². The van der Waals surface area contributed by atoms with E-state index in [0.717, 1.165) is 0 Å². The van der Waals surface area contributed by atoms with Gasteiger partial charge in [0.2, 0.25) is 0 Å². The van der Waals surface area contributed by atoms with Crippen molar-refractivity contribution in [1.29, 1.82) is 0 Å². The van der Waals surface area contributed by atoms with Gasteiger partial charge in [0.25, 0.3) is 0 Å². The minimum Gasteiger partial charge on any atom is -0.406 e. The van der Waals surface area contributed by atoms with Crippen LogP contribution in [0.1, 0.15) is 18.5 Å². The van der Waals surface area contributed by atoms with Crippen LogP contribution in [0, 0.1) is 0 Å². The number of nitrogens with one attached hydrogen (secondary N) is 2. The highest BCUT2D eigenvalue weighted by Crippen LogP contribution is 2.24. The zero-order chi connectivity index (χ0) is 17.6. The first-order valence-electron chi connectivity index (χ1n) is 7.19. The molecule has 1 atom stereocenters. The predicted octanol–water partition coefficient (Wildman–Crippen LogP) is 2.84. The number of benzene rings is 1. The number of halogens is 3. The van der Waals surface area contributed by atoms with Crippen LogP contribution in [-0.2, 0) is 6.54 Å². The molecule has 2 rings (SSSR count). The highest BCUT2D eigenvalue weighted by atomic mass is 19.4. The topological polar surface area (TPSA) is 68.2 Å². The van der Waals surface area contributed by atoms with Crippen LogP contribution in [0.15, 0.2) is 43.0 Å². The molecular weight excluding hydrogens is 325 g/mol. The molecule has 1 aromatic heterocycles. The van der Waals surface area contributed by atoms with Crippen LogP contribution in [0.4, 0.5) is 18.0 Å². The molecule has 1 aromatic carbocycles. The van der Waals surface area contributed by atoms with E-state index in [1.54, 1.807) is 25.6 Å². The van der Waals surface area contributed by atoms with Crippen molar-refractivity contribution in [3.05, 3.63) is 48.5 Å². The molecule has 0 saturated carbocycles. The Hall–Kier alpha value is -2.71. The summed E-state index contributed by atoms with van der Waals surface area (Å²) in [4.78, 5) is 15.7. The Morgan fingerprint density at radius 2 is 2.04 bits per heavy atom. The molecule has 0 saturated heterocycles. The molecule has 0 bridgehead atoms. The lowest BCUT2D eigenvalue weighted by Gasteiger charge is -2.16. The average Bonchev–Trinajstić information content (AvgIpc) is 2.99. The molecule has 6 nitrogen and oxygen atoms in total. The predicted molar refractivity (Wildman–Crippen MR) is 80.3 cm³/mol. The average molecular weight is 342 g/mol. The number of urea groups is 1. The number of amides is 2. The van der Waals surface area contributed by atoms with E-state index in [0.29, 0.717) is 18.7 Å². The van der Waals surface area contributed by atoms with Crippen molar-refractivity contribution in [1.82, 2.24) is 20.2 Å². The minimum atomic E-state index is -4.72. The smallest absolute Gasteiger partial charge is 0.406 e. The van der Waals surface area contributed by atoms with Gasteiger partial charge in [-0.1, -0.05) is 12.1 Å². The molecule has 0 aliphatic heterocycles. The molecule has 2 aromatic rings. The van der Waals surface area contributed by atoms with E-state index in [2.05, 4.69) is 20.4 Å². The summed E-state index contributed by atoms with van der Waals surface area (Å²) in [7, 11) is 0. The molecule has 0 fully saturated rings. The van der Waals surface area contributed by atoms with Crippen LogP contribution < -0.4 is 15.4 Å². The number of carbonyl (C=O) groups excluding carboxylic acids is 1. The summed E-state index contributed by atoms with van der Waals surface area (Å²) in [6.07, 6.45) is 0.356. The molecule has 0 radical (unpaired) electrons. The summed E-state index contributed by atoms with van der Waals surface area (Å²) in [6, 6.07) is 4.63. The van der Waals surface area contributed by atoms with Gasteiger partial charge < -0.3 is 19.9 Å². The number of imidazole rings is 1. The molecule has 0 aliphatic carbocycles. The minimum absolute atomic E-state index is 0.303. The summed E-state index contributed by atoms with van der Waals surface area (Å²) in [5.74, 6) is -0.303. The van der Waals surface area contributed by atoms with Crippen molar-refractivity contribution in [2.75, 3.05) is 6.54 Å². The van der Waals surface area contributed by atoms with Gasteiger partial charge in [0.15, 0.2) is 0 Å². The van der Waals surface area contributed by atoms with E-state index in [-0.39, 0.29) is 17.8 Å². The standard InChI is InChI=1S/C15H17F3N4O2/c1-11(12-2-4-13(5-3-12)24-15(16,17)18)21-14(23)20-7-9-22-8-6-19-10-22/h2-6,8,10-11H,7,9H2,1H3,(H2,20,21,23). The van der Waals surface area contributed by atoms with Gasteiger partial charge in [-0.2, -0.15) is 0 Å². The van der Waals surface area contributed by atoms with Crippen molar-refractivity contribution in [3.63, 3.8) is 0 Å². The second kappa shape index (κ2) is 7.71. The highest BCUT2D eigenvalue weighted by molar-refractivity contribution is 5.74. The Balaban J connectivity index is 1.78. The third-order valence-corrected chi connectivity index (χ3v) is 3.18. The Morgan fingerprint density at radius 3 is 2.62 bits per heavy atom. The van der Waals surface area contributed by atoms with Crippen LogP contribution in [-0.4, -0.2) is 28.5 Å². The molecule has 1 heterocycles. The molecule has 9 heteroatoms. The van der Waals surface area contributed by atoms with E-state index in [4.69, 9.17) is 0 Å². The Morgan fingerprint density at radius 1 is 1.33 bits per heavy atom. The molecule has 2 N–H and O–H groups in total. The monoisotopic (exact) mass is 342 g/mol. The van der Waals surface area contributed by atoms with E-state index >= 15 is 0 Å². The number of nitrogens with zero attached hydrogens (tertiary/aromatic N) is 2. The molecule has 1 unspecified atom stereocenters. The lowest BCUT2D eigenvalue weighted by Crippen LogP contribution is -2.38. The maximum atomic E-state index is 12.1. The maximum Gasteiger partial charge on any atom is 0.573 e. The maximum absolute atomic E-state index is 12.1. The van der Waals surface area contributed by atoms with Crippen molar-refractivity contribution in [2.45, 2.75) is 25.9 Å². The summed E-state index contributed by atoms with van der Waals surface area (Å²) in [5.41, 5.74) is 0.661. The van der Waals surface area contributed by atoms with Gasteiger partial charge in [-0.15, -0.1) is 13.2 Å². The van der Waals surface area contributed by atoms with Crippen LogP contribution >= 0.6 is 0 Å². The molecule has 2 amide bonds. The summed E-state index contributed by atoms with van der Waals surface area (Å²) < 4.78 is 41.9. The third-order valence-electron chi connectivity index (χ3n) is 3.18. The normalized spacial score (nSPS) is 12.5. The first kappa shape index (κ1) is 17.6. The van der Waals surface area contributed by atoms with E-state index in [1.807, 2.05) is 4.57 Å². The van der Waals surface area contributed by atoms with Crippen molar-refractivity contribution >= 4 is 6.03 Å². The van der Waals surface area contributed by atoms with E-state index in [9.17, 15) is 18.0 Å². The van der Waals surface area contributed by atoms with E-state index < -0.39 is 6.36 Å². The largest absolute Gasteiger partial charge is 0.573 e. The fourth-order valence-electron chi connectivity index (χ4n) is 2.01. The van der Waals surface area contributed by atoms with Crippen LogP contribution in [0.3, 0.4) is 0 Å². The number of hydrogen-bond donors (Lipinski definition) is 2. The van der Waals surface area contributed by atoms with Crippen molar-refractivity contribution in [2.24, 2.45) is 0 Å². The van der Waals surface area contributed by atoms with Gasteiger partial charge in [-0.05, 0) is 24.6 Å². The molecule has 0 spiro atoms. The number of alkyl halides is 3. The lowest BCUT2D eigenvalue weighted by atomic mass is 10.1. The highest BCUT2D eigenvalue weighted by Gasteiger charge is 2.31. The Kier molecular flexibility index (Phi) is 5.67. The van der Waals surface area contributed by atoms with Gasteiger partial charge >= 0.3 is 12.4 Å². The molecule has 0 aliphatic rings. The number of hydrogen-bond acceptors (Lipinski definition) is 3. The first-order valence-corrected chi connectivity index (χ1v) is 7.19.